The lowest BCUT2D eigenvalue weighted by molar-refractivity contribution is 0.107. The van der Waals surface area contributed by atoms with Crippen LogP contribution >= 0.6 is 11.6 Å². The molecule has 3 nitrogen and oxygen atoms in total. The van der Waals surface area contributed by atoms with Gasteiger partial charge in [-0.25, -0.2) is 4.39 Å². The van der Waals surface area contributed by atoms with E-state index in [1.165, 1.54) is 12.1 Å². The predicted molar refractivity (Wildman–Crippen MR) is 46.2 cm³/mol. The molecule has 5 heteroatoms. The number of nitrogens with zero attached hydrogens (tertiary/aromatic N) is 1. The fourth-order valence-corrected chi connectivity index (χ4v) is 1.31. The molecule has 1 heterocycles. The number of carbonyl (C=O) groups excluding carboxylic acids is 1. The molecule has 1 N–H and O–H groups in total. The van der Waals surface area contributed by atoms with Crippen molar-refractivity contribution in [3.05, 3.63) is 29.7 Å². The lowest BCUT2D eigenvalue weighted by Gasteiger charge is -1.91. The van der Waals surface area contributed by atoms with E-state index in [0.29, 0.717) is 5.52 Å². The molecule has 0 bridgehead atoms. The Morgan fingerprint density at radius 2 is 2.31 bits per heavy atom. The lowest BCUT2D eigenvalue weighted by Crippen LogP contribution is -1.90. The standard InChI is InChI=1S/C8H4ClFN2O/c9-8(13)7-6-4(10)2-1-3-5(6)11-12-7/h1-3H,(H,11,12). The number of H-pyrrole nitrogens is 1. The average Bonchev–Trinajstić information content (AvgIpc) is 2.49. The van der Waals surface area contributed by atoms with Crippen LogP contribution < -0.4 is 0 Å². The maximum atomic E-state index is 13.2. The van der Waals surface area contributed by atoms with Gasteiger partial charge in [-0.15, -0.1) is 0 Å². The number of hydrogen-bond donors (Lipinski definition) is 1. The van der Waals surface area contributed by atoms with E-state index in [-0.39, 0.29) is 11.1 Å². The van der Waals surface area contributed by atoms with E-state index in [1.807, 2.05) is 0 Å². The fraction of sp³-hybridized carbons (Fsp3) is 0. The number of hydrogen-bond acceptors (Lipinski definition) is 2. The first-order chi connectivity index (χ1) is 6.20. The van der Waals surface area contributed by atoms with Crippen LogP contribution in [0.25, 0.3) is 10.9 Å². The highest BCUT2D eigenvalue weighted by atomic mass is 35.5. The molecule has 66 valence electrons. The van der Waals surface area contributed by atoms with Crippen LogP contribution in [0.15, 0.2) is 18.2 Å². The van der Waals surface area contributed by atoms with Gasteiger partial charge in [-0.1, -0.05) is 6.07 Å². The number of benzene rings is 1. The molecule has 0 fully saturated rings. The Morgan fingerprint density at radius 3 is 3.00 bits per heavy atom. The summed E-state index contributed by atoms with van der Waals surface area (Å²) in [5.74, 6) is -0.504. The zero-order chi connectivity index (χ0) is 9.42. The monoisotopic (exact) mass is 198 g/mol. The largest absolute Gasteiger partial charge is 0.277 e. The molecule has 0 atom stereocenters. The number of halogens is 2. The Balaban J connectivity index is 2.86. The van der Waals surface area contributed by atoms with Crippen LogP contribution in [0.2, 0.25) is 0 Å². The Morgan fingerprint density at radius 1 is 1.54 bits per heavy atom. The third-order valence-electron chi connectivity index (χ3n) is 1.72. The van der Waals surface area contributed by atoms with Crippen LogP contribution in [0.3, 0.4) is 0 Å². The smallest absolute Gasteiger partial charge is 0.273 e. The van der Waals surface area contributed by atoms with Gasteiger partial charge in [0.1, 0.15) is 5.82 Å². The molecule has 0 aliphatic rings. The van der Waals surface area contributed by atoms with Gasteiger partial charge in [0.2, 0.25) is 0 Å². The first-order valence-corrected chi connectivity index (χ1v) is 3.90. The summed E-state index contributed by atoms with van der Waals surface area (Å²) < 4.78 is 13.2. The van der Waals surface area contributed by atoms with Crippen molar-refractivity contribution >= 4 is 27.7 Å². The van der Waals surface area contributed by atoms with Gasteiger partial charge in [0.05, 0.1) is 10.9 Å². The molecular weight excluding hydrogens is 195 g/mol. The molecule has 2 aromatic rings. The molecule has 0 amide bonds. The second-order valence-electron chi connectivity index (χ2n) is 2.51. The summed E-state index contributed by atoms with van der Waals surface area (Å²) in [5, 5.41) is 5.50. The minimum Gasteiger partial charge on any atom is -0.277 e. The van der Waals surface area contributed by atoms with Gasteiger partial charge in [0.25, 0.3) is 5.24 Å². The van der Waals surface area contributed by atoms with Crippen LogP contribution in [0, 0.1) is 5.82 Å². The van der Waals surface area contributed by atoms with Crippen LogP contribution in [0.5, 0.6) is 0 Å². The maximum Gasteiger partial charge on any atom is 0.273 e. The number of aromatic amines is 1. The minimum atomic E-state index is -0.767. The van der Waals surface area contributed by atoms with E-state index >= 15 is 0 Å². The highest BCUT2D eigenvalue weighted by Gasteiger charge is 2.14. The van der Waals surface area contributed by atoms with E-state index in [2.05, 4.69) is 10.2 Å². The molecule has 0 aliphatic carbocycles. The third kappa shape index (κ3) is 1.19. The summed E-state index contributed by atoms with van der Waals surface area (Å²) in [6, 6.07) is 4.40. The van der Waals surface area contributed by atoms with Crippen LogP contribution in [-0.4, -0.2) is 15.4 Å². The Labute approximate surface area is 77.5 Å². The number of nitrogens with one attached hydrogen (secondary N) is 1. The summed E-state index contributed by atoms with van der Waals surface area (Å²) in [6.45, 7) is 0. The van der Waals surface area contributed by atoms with Crippen molar-refractivity contribution in [2.75, 3.05) is 0 Å². The quantitative estimate of drug-likeness (QED) is 0.713. The fourth-order valence-electron chi connectivity index (χ4n) is 1.17. The molecule has 0 unspecified atom stereocenters. The summed E-state index contributed by atoms with van der Waals surface area (Å²) >= 11 is 5.21. The molecule has 1 aromatic heterocycles. The van der Waals surface area contributed by atoms with Gasteiger partial charge >= 0.3 is 0 Å². The number of aromatic nitrogens is 2. The lowest BCUT2D eigenvalue weighted by atomic mass is 10.2. The minimum absolute atomic E-state index is 0.0743. The van der Waals surface area contributed by atoms with Gasteiger partial charge in [0, 0.05) is 0 Å². The zero-order valence-corrected chi connectivity index (χ0v) is 7.10. The summed E-state index contributed by atoms with van der Waals surface area (Å²) in [4.78, 5) is 10.8. The molecule has 13 heavy (non-hydrogen) atoms. The van der Waals surface area contributed by atoms with Gasteiger partial charge < -0.3 is 0 Å². The maximum absolute atomic E-state index is 13.2. The Kier molecular flexibility index (Phi) is 1.77. The Hall–Kier alpha value is -1.42. The highest BCUT2D eigenvalue weighted by Crippen LogP contribution is 2.20. The van der Waals surface area contributed by atoms with Crippen molar-refractivity contribution in [1.29, 1.82) is 0 Å². The van der Waals surface area contributed by atoms with Crippen LogP contribution in [-0.2, 0) is 0 Å². The Bertz CT molecular complexity index is 480. The SMILES string of the molecule is O=C(Cl)c1n[nH]c2cccc(F)c12. The van der Waals surface area contributed by atoms with E-state index in [1.54, 1.807) is 6.07 Å². The van der Waals surface area contributed by atoms with Crippen molar-refractivity contribution < 1.29 is 9.18 Å². The third-order valence-corrected chi connectivity index (χ3v) is 1.90. The van der Waals surface area contributed by atoms with Crippen molar-refractivity contribution in [2.24, 2.45) is 0 Å². The first-order valence-electron chi connectivity index (χ1n) is 3.52. The molecule has 0 saturated carbocycles. The van der Waals surface area contributed by atoms with Gasteiger partial charge in [-0.05, 0) is 23.7 Å². The summed E-state index contributed by atoms with van der Waals surface area (Å²) in [7, 11) is 0. The second-order valence-corrected chi connectivity index (χ2v) is 2.85. The van der Waals surface area contributed by atoms with Gasteiger partial charge in [0.15, 0.2) is 5.69 Å². The van der Waals surface area contributed by atoms with Crippen molar-refractivity contribution in [2.45, 2.75) is 0 Å². The van der Waals surface area contributed by atoms with Crippen molar-refractivity contribution in [3.8, 4) is 0 Å². The molecular formula is C8H4ClFN2O. The predicted octanol–water partition coefficient (Wildman–Crippen LogP) is 2.08. The van der Waals surface area contributed by atoms with E-state index in [9.17, 15) is 9.18 Å². The highest BCUT2D eigenvalue weighted by molar-refractivity contribution is 6.68. The summed E-state index contributed by atoms with van der Waals surface area (Å²) in [6.07, 6.45) is 0. The molecule has 0 radical (unpaired) electrons. The molecule has 1 aromatic carbocycles. The van der Waals surface area contributed by atoms with E-state index < -0.39 is 11.1 Å². The number of rotatable bonds is 1. The number of carbonyl (C=O) groups is 1. The average molecular weight is 199 g/mol. The first kappa shape index (κ1) is 8.19. The molecule has 0 saturated heterocycles. The van der Waals surface area contributed by atoms with Crippen LogP contribution in [0.1, 0.15) is 10.5 Å². The molecule has 0 aliphatic heterocycles. The van der Waals surface area contributed by atoms with E-state index in [0.717, 1.165) is 0 Å². The number of fused-ring (bicyclic) bond motifs is 1. The van der Waals surface area contributed by atoms with Crippen molar-refractivity contribution in [1.82, 2.24) is 10.2 Å². The van der Waals surface area contributed by atoms with E-state index in [4.69, 9.17) is 11.6 Å². The zero-order valence-electron chi connectivity index (χ0n) is 6.34. The summed E-state index contributed by atoms with van der Waals surface area (Å²) in [5.41, 5.74) is 0.388. The topological polar surface area (TPSA) is 45.8 Å². The molecule has 0 spiro atoms. The molecule has 2 rings (SSSR count). The van der Waals surface area contributed by atoms with Gasteiger partial charge in [-0.3, -0.25) is 9.89 Å². The van der Waals surface area contributed by atoms with Crippen molar-refractivity contribution in [3.63, 3.8) is 0 Å². The second kappa shape index (κ2) is 2.81. The normalized spacial score (nSPS) is 10.6. The van der Waals surface area contributed by atoms with Crippen LogP contribution in [0.4, 0.5) is 4.39 Å². The van der Waals surface area contributed by atoms with Gasteiger partial charge in [-0.2, -0.15) is 5.10 Å².